The molecular formula is C13H23N5O. The molecule has 1 rings (SSSR count). The molecule has 0 saturated carbocycles. The van der Waals surface area contributed by atoms with E-state index in [1.54, 1.807) is 6.07 Å². The van der Waals surface area contributed by atoms with Crippen molar-refractivity contribution in [2.24, 2.45) is 5.73 Å². The van der Waals surface area contributed by atoms with Gasteiger partial charge in [-0.05, 0) is 6.42 Å². The summed E-state index contributed by atoms with van der Waals surface area (Å²) in [5.74, 6) is 1.58. The number of carbonyl (C=O) groups is 1. The molecule has 0 aromatic carbocycles. The fourth-order valence-corrected chi connectivity index (χ4v) is 1.70. The van der Waals surface area contributed by atoms with Crippen molar-refractivity contribution in [2.45, 2.75) is 39.5 Å². The van der Waals surface area contributed by atoms with Gasteiger partial charge in [0, 0.05) is 18.5 Å². The molecule has 0 atom stereocenters. The first-order valence-electron chi connectivity index (χ1n) is 6.61. The van der Waals surface area contributed by atoms with E-state index in [1.807, 2.05) is 18.7 Å². The van der Waals surface area contributed by atoms with E-state index >= 15 is 0 Å². The molecule has 0 radical (unpaired) electrons. The average molecular weight is 265 g/mol. The zero-order valence-electron chi connectivity index (χ0n) is 11.9. The zero-order valence-corrected chi connectivity index (χ0v) is 11.9. The molecule has 6 heteroatoms. The van der Waals surface area contributed by atoms with Crippen LogP contribution in [0.5, 0.6) is 0 Å². The number of nitrogens with zero attached hydrogens (tertiary/aromatic N) is 3. The van der Waals surface area contributed by atoms with Gasteiger partial charge in [-0.2, -0.15) is 0 Å². The summed E-state index contributed by atoms with van der Waals surface area (Å²) in [6, 6.07) is 1.68. The van der Waals surface area contributed by atoms with Crippen molar-refractivity contribution >= 4 is 17.5 Å². The lowest BCUT2D eigenvalue weighted by atomic mass is 10.2. The summed E-state index contributed by atoms with van der Waals surface area (Å²) in [5.41, 5.74) is 11.1. The van der Waals surface area contributed by atoms with Crippen LogP contribution in [0.25, 0.3) is 0 Å². The minimum absolute atomic E-state index is 0.147. The lowest BCUT2D eigenvalue weighted by Gasteiger charge is -2.23. The monoisotopic (exact) mass is 265 g/mol. The minimum atomic E-state index is -0.376. The van der Waals surface area contributed by atoms with E-state index in [0.717, 1.165) is 19.4 Å². The molecule has 1 aromatic heterocycles. The van der Waals surface area contributed by atoms with E-state index in [4.69, 9.17) is 11.5 Å². The first-order chi connectivity index (χ1) is 8.93. The number of nitrogens with two attached hydrogens (primary N) is 2. The molecule has 4 N–H and O–H groups in total. The van der Waals surface area contributed by atoms with E-state index in [-0.39, 0.29) is 18.4 Å². The average Bonchev–Trinajstić information content (AvgIpc) is 2.33. The van der Waals surface area contributed by atoms with Gasteiger partial charge in [0.1, 0.15) is 17.5 Å². The van der Waals surface area contributed by atoms with Crippen molar-refractivity contribution < 1.29 is 4.79 Å². The standard InChI is InChI=1S/C13H23N5O/c1-4-5-6-18(8-11(15)19)12-7-10(14)16-13(17-12)9(2)3/h7,9H,4-6,8H2,1-3H3,(H2,15,19)(H2,14,16,17). The SMILES string of the molecule is CCCCN(CC(N)=O)c1cc(N)nc(C(C)C)n1. The topological polar surface area (TPSA) is 98.1 Å². The predicted octanol–water partition coefficient (Wildman–Crippen LogP) is 1.27. The van der Waals surface area contributed by atoms with Gasteiger partial charge in [0.25, 0.3) is 0 Å². The third kappa shape index (κ3) is 4.73. The van der Waals surface area contributed by atoms with Gasteiger partial charge in [-0.25, -0.2) is 9.97 Å². The zero-order chi connectivity index (χ0) is 14.4. The van der Waals surface area contributed by atoms with Crippen molar-refractivity contribution in [1.29, 1.82) is 0 Å². The number of aromatic nitrogens is 2. The van der Waals surface area contributed by atoms with Gasteiger partial charge < -0.3 is 16.4 Å². The minimum Gasteiger partial charge on any atom is -0.384 e. The van der Waals surface area contributed by atoms with Crippen LogP contribution in [-0.2, 0) is 4.79 Å². The summed E-state index contributed by atoms with van der Waals surface area (Å²) < 4.78 is 0. The van der Waals surface area contributed by atoms with Crippen molar-refractivity contribution in [2.75, 3.05) is 23.7 Å². The van der Waals surface area contributed by atoms with Gasteiger partial charge in [-0.1, -0.05) is 27.2 Å². The molecule has 1 heterocycles. The highest BCUT2D eigenvalue weighted by Gasteiger charge is 2.14. The maximum absolute atomic E-state index is 11.2. The number of primary amides is 1. The Morgan fingerprint density at radius 2 is 2.11 bits per heavy atom. The van der Waals surface area contributed by atoms with Crippen molar-refractivity contribution in [3.63, 3.8) is 0 Å². The number of anilines is 2. The fourth-order valence-electron chi connectivity index (χ4n) is 1.70. The van der Waals surface area contributed by atoms with Crippen molar-refractivity contribution in [3.05, 3.63) is 11.9 Å². The summed E-state index contributed by atoms with van der Waals surface area (Å²) in [5, 5.41) is 0. The van der Waals surface area contributed by atoms with E-state index < -0.39 is 0 Å². The number of amides is 1. The number of nitrogen functional groups attached to an aromatic ring is 1. The maximum atomic E-state index is 11.2. The molecule has 6 nitrogen and oxygen atoms in total. The smallest absolute Gasteiger partial charge is 0.236 e. The number of hydrogen-bond acceptors (Lipinski definition) is 5. The highest BCUT2D eigenvalue weighted by atomic mass is 16.1. The molecule has 0 spiro atoms. The first kappa shape index (κ1) is 15.2. The van der Waals surface area contributed by atoms with Gasteiger partial charge in [0.15, 0.2) is 0 Å². The van der Waals surface area contributed by atoms with E-state index in [9.17, 15) is 4.79 Å². The molecule has 0 aliphatic carbocycles. The van der Waals surface area contributed by atoms with Gasteiger partial charge in [-0.3, -0.25) is 4.79 Å². The Morgan fingerprint density at radius 3 is 2.63 bits per heavy atom. The Bertz CT molecular complexity index is 433. The predicted molar refractivity (Wildman–Crippen MR) is 76.8 cm³/mol. The molecule has 0 bridgehead atoms. The quantitative estimate of drug-likeness (QED) is 0.773. The Morgan fingerprint density at radius 1 is 1.42 bits per heavy atom. The third-order valence-electron chi connectivity index (χ3n) is 2.72. The molecule has 0 unspecified atom stereocenters. The lowest BCUT2D eigenvalue weighted by molar-refractivity contribution is -0.116. The molecule has 19 heavy (non-hydrogen) atoms. The van der Waals surface area contributed by atoms with Crippen molar-refractivity contribution in [1.82, 2.24) is 9.97 Å². The normalized spacial score (nSPS) is 10.7. The largest absolute Gasteiger partial charge is 0.384 e. The van der Waals surface area contributed by atoms with Gasteiger partial charge in [0.05, 0.1) is 6.54 Å². The highest BCUT2D eigenvalue weighted by Crippen LogP contribution is 2.18. The third-order valence-corrected chi connectivity index (χ3v) is 2.72. The van der Waals surface area contributed by atoms with Crippen LogP contribution in [0, 0.1) is 0 Å². The van der Waals surface area contributed by atoms with Gasteiger partial charge >= 0.3 is 0 Å². The number of carbonyl (C=O) groups excluding carboxylic acids is 1. The summed E-state index contributed by atoms with van der Waals surface area (Å²) in [4.78, 5) is 21.7. The van der Waals surface area contributed by atoms with Crippen LogP contribution in [0.1, 0.15) is 45.4 Å². The molecule has 0 fully saturated rings. The Labute approximate surface area is 114 Å². The summed E-state index contributed by atoms with van der Waals surface area (Å²) in [6.45, 7) is 6.98. The molecule has 106 valence electrons. The first-order valence-corrected chi connectivity index (χ1v) is 6.61. The Kier molecular flexibility index (Phi) is 5.54. The molecule has 0 saturated heterocycles. The van der Waals surface area contributed by atoms with E-state index in [2.05, 4.69) is 16.9 Å². The lowest BCUT2D eigenvalue weighted by Crippen LogP contribution is -2.35. The Balaban J connectivity index is 3.02. The van der Waals surface area contributed by atoms with Crippen LogP contribution in [0.15, 0.2) is 6.07 Å². The molecule has 0 aliphatic heterocycles. The number of rotatable bonds is 7. The fraction of sp³-hybridized carbons (Fsp3) is 0.615. The van der Waals surface area contributed by atoms with Crippen LogP contribution in [0.2, 0.25) is 0 Å². The summed E-state index contributed by atoms with van der Waals surface area (Å²) in [6.07, 6.45) is 2.00. The van der Waals surface area contributed by atoms with Crippen molar-refractivity contribution in [3.8, 4) is 0 Å². The van der Waals surface area contributed by atoms with Crippen LogP contribution in [0.3, 0.4) is 0 Å². The van der Waals surface area contributed by atoms with Gasteiger partial charge in [-0.15, -0.1) is 0 Å². The van der Waals surface area contributed by atoms with Gasteiger partial charge in [0.2, 0.25) is 5.91 Å². The number of hydrogen-bond donors (Lipinski definition) is 2. The van der Waals surface area contributed by atoms with Crippen LogP contribution in [0.4, 0.5) is 11.6 Å². The van der Waals surface area contributed by atoms with Crippen LogP contribution < -0.4 is 16.4 Å². The molecule has 1 amide bonds. The number of unbranched alkanes of at least 4 members (excludes halogenated alkanes) is 1. The highest BCUT2D eigenvalue weighted by molar-refractivity contribution is 5.79. The van der Waals surface area contributed by atoms with Crippen LogP contribution in [-0.4, -0.2) is 29.0 Å². The second kappa shape index (κ2) is 6.92. The summed E-state index contributed by atoms with van der Waals surface area (Å²) in [7, 11) is 0. The molecule has 0 aliphatic rings. The van der Waals surface area contributed by atoms with E-state index in [0.29, 0.717) is 17.5 Å². The second-order valence-electron chi connectivity index (χ2n) is 4.91. The maximum Gasteiger partial charge on any atom is 0.236 e. The molecular weight excluding hydrogens is 242 g/mol. The van der Waals surface area contributed by atoms with E-state index in [1.165, 1.54) is 0 Å². The second-order valence-corrected chi connectivity index (χ2v) is 4.91. The van der Waals surface area contributed by atoms with Crippen LogP contribution >= 0.6 is 0 Å². The molecule has 1 aromatic rings. The Hall–Kier alpha value is -1.85. The summed E-state index contributed by atoms with van der Waals surface area (Å²) >= 11 is 0.